The number of carbonyl (C=O) groups excluding carboxylic acids is 1. The van der Waals surface area contributed by atoms with Crippen molar-refractivity contribution in [1.29, 1.82) is 5.26 Å². The fourth-order valence-corrected chi connectivity index (χ4v) is 3.30. The highest BCUT2D eigenvalue weighted by Gasteiger charge is 2.37. The van der Waals surface area contributed by atoms with Crippen molar-refractivity contribution in [3.05, 3.63) is 71.4 Å². The van der Waals surface area contributed by atoms with Gasteiger partial charge in [-0.2, -0.15) is 5.26 Å². The van der Waals surface area contributed by atoms with Crippen LogP contribution in [0.25, 0.3) is 0 Å². The average Bonchev–Trinajstić information content (AvgIpc) is 2.72. The number of esters is 1. The third-order valence-corrected chi connectivity index (χ3v) is 4.52. The third kappa shape index (κ3) is 4.49. The minimum absolute atomic E-state index is 0.0516. The topological polar surface area (TPSA) is 104 Å². The molecule has 1 aromatic rings. The molecule has 1 heterocycles. The van der Waals surface area contributed by atoms with Gasteiger partial charge in [0.25, 0.3) is 0 Å². The number of ether oxygens (including phenoxy) is 4. The molecule has 1 aromatic carbocycles. The standard InChI is InChI=1S/C23H26N2O5/c1-6-9-15-11-16(12-18(27-5)21(15)29-10-7-2)20-17(13-24)22(25)30-14(4)19(20)23(26)28-8-3/h6-7,11-12,20H,1-2,8-10,25H2,3-5H3. The number of methoxy groups -OCH3 is 1. The second kappa shape index (κ2) is 10.2. The zero-order valence-corrected chi connectivity index (χ0v) is 17.5. The minimum Gasteiger partial charge on any atom is -0.493 e. The van der Waals surface area contributed by atoms with E-state index in [-0.39, 0.29) is 29.4 Å². The van der Waals surface area contributed by atoms with Gasteiger partial charge in [0, 0.05) is 5.56 Å². The lowest BCUT2D eigenvalue weighted by atomic mass is 9.82. The molecule has 0 aliphatic carbocycles. The van der Waals surface area contributed by atoms with Crippen LogP contribution in [0.5, 0.6) is 11.5 Å². The predicted octanol–water partition coefficient (Wildman–Crippen LogP) is 3.63. The normalized spacial score (nSPS) is 15.7. The molecule has 30 heavy (non-hydrogen) atoms. The van der Waals surface area contributed by atoms with Gasteiger partial charge < -0.3 is 24.7 Å². The van der Waals surface area contributed by atoms with Crippen molar-refractivity contribution in [2.75, 3.05) is 20.3 Å². The van der Waals surface area contributed by atoms with Crippen LogP contribution in [0.15, 0.2) is 60.2 Å². The third-order valence-electron chi connectivity index (χ3n) is 4.52. The van der Waals surface area contributed by atoms with E-state index >= 15 is 0 Å². The number of hydrogen-bond donors (Lipinski definition) is 1. The van der Waals surface area contributed by atoms with Crippen molar-refractivity contribution in [3.8, 4) is 17.6 Å². The SMILES string of the molecule is C=CCOc1c(CC=C)cc(C2C(C#N)=C(N)OC(C)=C2C(=O)OCC)cc1OC. The highest BCUT2D eigenvalue weighted by Crippen LogP contribution is 2.43. The Bertz CT molecular complexity index is 953. The van der Waals surface area contributed by atoms with E-state index in [4.69, 9.17) is 24.7 Å². The summed E-state index contributed by atoms with van der Waals surface area (Å²) in [6, 6.07) is 5.63. The Morgan fingerprint density at radius 3 is 2.67 bits per heavy atom. The van der Waals surface area contributed by atoms with Gasteiger partial charge in [0.15, 0.2) is 11.5 Å². The van der Waals surface area contributed by atoms with Crippen molar-refractivity contribution < 1.29 is 23.7 Å². The monoisotopic (exact) mass is 410 g/mol. The molecule has 0 saturated carbocycles. The second-order valence-corrected chi connectivity index (χ2v) is 6.42. The summed E-state index contributed by atoms with van der Waals surface area (Å²) in [5.74, 6) is -0.114. The maximum atomic E-state index is 12.7. The number of benzene rings is 1. The fourth-order valence-electron chi connectivity index (χ4n) is 3.30. The summed E-state index contributed by atoms with van der Waals surface area (Å²) in [5.41, 5.74) is 7.72. The van der Waals surface area contributed by atoms with E-state index in [1.165, 1.54) is 7.11 Å². The first-order valence-electron chi connectivity index (χ1n) is 9.44. The number of allylic oxidation sites excluding steroid dienone is 3. The summed E-state index contributed by atoms with van der Waals surface area (Å²) in [5, 5.41) is 9.75. The van der Waals surface area contributed by atoms with Gasteiger partial charge in [-0.15, -0.1) is 6.58 Å². The van der Waals surface area contributed by atoms with Gasteiger partial charge in [0.1, 0.15) is 24.0 Å². The zero-order chi connectivity index (χ0) is 22.3. The maximum absolute atomic E-state index is 12.7. The van der Waals surface area contributed by atoms with Gasteiger partial charge >= 0.3 is 5.97 Å². The molecule has 158 valence electrons. The molecule has 1 atom stereocenters. The minimum atomic E-state index is -0.770. The molecule has 0 amide bonds. The van der Waals surface area contributed by atoms with Crippen LogP contribution in [-0.4, -0.2) is 26.3 Å². The molecule has 2 rings (SSSR count). The first-order chi connectivity index (χ1) is 14.4. The van der Waals surface area contributed by atoms with Crippen molar-refractivity contribution in [3.63, 3.8) is 0 Å². The second-order valence-electron chi connectivity index (χ2n) is 6.42. The smallest absolute Gasteiger partial charge is 0.338 e. The van der Waals surface area contributed by atoms with E-state index in [1.807, 2.05) is 6.07 Å². The zero-order valence-electron chi connectivity index (χ0n) is 17.5. The molecule has 0 fully saturated rings. The number of nitriles is 1. The predicted molar refractivity (Wildman–Crippen MR) is 113 cm³/mol. The van der Waals surface area contributed by atoms with Crippen LogP contribution in [0.1, 0.15) is 30.9 Å². The fraction of sp³-hybridized carbons (Fsp3) is 0.304. The molecule has 0 radical (unpaired) electrons. The maximum Gasteiger partial charge on any atom is 0.338 e. The van der Waals surface area contributed by atoms with Gasteiger partial charge in [-0.05, 0) is 31.9 Å². The van der Waals surface area contributed by atoms with Crippen molar-refractivity contribution >= 4 is 5.97 Å². The first-order valence-corrected chi connectivity index (χ1v) is 9.44. The highest BCUT2D eigenvalue weighted by atomic mass is 16.5. The summed E-state index contributed by atoms with van der Waals surface area (Å²) in [7, 11) is 1.52. The number of nitrogens with two attached hydrogens (primary N) is 1. The molecule has 2 N–H and O–H groups in total. The molecule has 1 aliphatic rings. The molecule has 0 spiro atoms. The van der Waals surface area contributed by atoms with E-state index in [0.29, 0.717) is 30.1 Å². The lowest BCUT2D eigenvalue weighted by Crippen LogP contribution is -2.25. The van der Waals surface area contributed by atoms with E-state index in [0.717, 1.165) is 5.56 Å². The van der Waals surface area contributed by atoms with Gasteiger partial charge in [-0.1, -0.05) is 24.8 Å². The molecule has 1 aliphatic heterocycles. The van der Waals surface area contributed by atoms with Gasteiger partial charge in [0.05, 0.1) is 25.2 Å². The Hall–Kier alpha value is -3.66. The number of carbonyl (C=O) groups is 1. The van der Waals surface area contributed by atoms with Crippen LogP contribution in [0.3, 0.4) is 0 Å². The van der Waals surface area contributed by atoms with E-state index in [9.17, 15) is 10.1 Å². The largest absolute Gasteiger partial charge is 0.493 e. The average molecular weight is 410 g/mol. The lowest BCUT2D eigenvalue weighted by molar-refractivity contribution is -0.139. The van der Waals surface area contributed by atoms with Crippen LogP contribution >= 0.6 is 0 Å². The summed E-state index contributed by atoms with van der Waals surface area (Å²) >= 11 is 0. The number of nitrogens with zero attached hydrogens (tertiary/aromatic N) is 1. The van der Waals surface area contributed by atoms with Crippen molar-refractivity contribution in [2.45, 2.75) is 26.2 Å². The van der Waals surface area contributed by atoms with Crippen LogP contribution in [0.4, 0.5) is 0 Å². The van der Waals surface area contributed by atoms with E-state index in [1.54, 1.807) is 32.1 Å². The van der Waals surface area contributed by atoms with Crippen LogP contribution in [0, 0.1) is 11.3 Å². The summed E-state index contributed by atoms with van der Waals surface area (Å²) in [4.78, 5) is 12.7. The van der Waals surface area contributed by atoms with Crippen molar-refractivity contribution in [2.24, 2.45) is 5.73 Å². The molecular formula is C23H26N2O5. The Labute approximate surface area is 176 Å². The molecule has 1 unspecified atom stereocenters. The lowest BCUT2D eigenvalue weighted by Gasteiger charge is -2.28. The Morgan fingerprint density at radius 2 is 2.10 bits per heavy atom. The van der Waals surface area contributed by atoms with Crippen LogP contribution in [-0.2, 0) is 20.7 Å². The number of rotatable bonds is 9. The molecular weight excluding hydrogens is 384 g/mol. The van der Waals surface area contributed by atoms with Crippen LogP contribution in [0.2, 0.25) is 0 Å². The highest BCUT2D eigenvalue weighted by molar-refractivity contribution is 5.92. The molecule has 0 saturated heterocycles. The summed E-state index contributed by atoms with van der Waals surface area (Å²) in [6.45, 7) is 11.3. The van der Waals surface area contributed by atoms with E-state index < -0.39 is 11.9 Å². The van der Waals surface area contributed by atoms with Gasteiger partial charge in [-0.25, -0.2) is 4.79 Å². The van der Waals surface area contributed by atoms with Gasteiger partial charge in [0.2, 0.25) is 5.88 Å². The molecule has 7 heteroatoms. The van der Waals surface area contributed by atoms with Gasteiger partial charge in [-0.3, -0.25) is 0 Å². The molecule has 0 bridgehead atoms. The summed E-state index contributed by atoms with van der Waals surface area (Å²) in [6.07, 6.45) is 3.84. The molecule has 7 nitrogen and oxygen atoms in total. The number of hydrogen-bond acceptors (Lipinski definition) is 7. The summed E-state index contributed by atoms with van der Waals surface area (Å²) < 4.78 is 22.0. The Balaban J connectivity index is 2.75. The van der Waals surface area contributed by atoms with Crippen molar-refractivity contribution in [1.82, 2.24) is 0 Å². The molecule has 0 aromatic heterocycles. The Morgan fingerprint density at radius 1 is 1.37 bits per heavy atom. The Kier molecular flexibility index (Phi) is 7.70. The van der Waals surface area contributed by atoms with E-state index in [2.05, 4.69) is 19.2 Å². The quantitative estimate of drug-likeness (QED) is 0.490. The first kappa shape index (κ1) is 22.6. The van der Waals surface area contributed by atoms with Crippen LogP contribution < -0.4 is 15.2 Å².